The quantitative estimate of drug-likeness (QED) is 0.854. The molecule has 1 amide bonds. The van der Waals surface area contributed by atoms with Crippen LogP contribution in [0.1, 0.15) is 23.1 Å². The molecule has 1 unspecified atom stereocenters. The molecule has 2 aromatic rings. The maximum atomic E-state index is 12.5. The molecule has 0 bridgehead atoms. The fourth-order valence-corrected chi connectivity index (χ4v) is 3.47. The highest BCUT2D eigenvalue weighted by Gasteiger charge is 2.24. The van der Waals surface area contributed by atoms with Gasteiger partial charge in [-0.05, 0) is 70.9 Å². The second-order valence-corrected chi connectivity index (χ2v) is 6.54. The third-order valence-electron chi connectivity index (χ3n) is 4.10. The lowest BCUT2D eigenvalue weighted by molar-refractivity contribution is -0.120. The fourth-order valence-electron chi connectivity index (χ4n) is 2.88. The highest BCUT2D eigenvalue weighted by Crippen LogP contribution is 2.28. The van der Waals surface area contributed by atoms with Gasteiger partial charge in [0.2, 0.25) is 5.91 Å². The van der Waals surface area contributed by atoms with Gasteiger partial charge in [-0.3, -0.25) is 4.79 Å². The lowest BCUT2D eigenvalue weighted by Crippen LogP contribution is -2.28. The van der Waals surface area contributed by atoms with Gasteiger partial charge in [-0.25, -0.2) is 0 Å². The zero-order chi connectivity index (χ0) is 14.8. The van der Waals surface area contributed by atoms with Gasteiger partial charge >= 0.3 is 0 Å². The molecule has 0 radical (unpaired) electrons. The Morgan fingerprint density at radius 3 is 2.71 bits per heavy atom. The minimum atomic E-state index is 0.0631. The lowest BCUT2D eigenvalue weighted by atomic mass is 9.83. The molecule has 0 aromatic heterocycles. The van der Waals surface area contributed by atoms with E-state index in [1.165, 1.54) is 16.7 Å². The molecule has 1 N–H and O–H groups in total. The van der Waals surface area contributed by atoms with Crippen molar-refractivity contribution in [2.45, 2.75) is 26.2 Å². The van der Waals surface area contributed by atoms with Crippen molar-refractivity contribution in [1.29, 1.82) is 0 Å². The van der Waals surface area contributed by atoms with Gasteiger partial charge in [0, 0.05) is 10.4 Å². The summed E-state index contributed by atoms with van der Waals surface area (Å²) >= 11 is 3.51. The number of anilines is 1. The van der Waals surface area contributed by atoms with E-state index in [0.29, 0.717) is 0 Å². The van der Waals surface area contributed by atoms with E-state index in [-0.39, 0.29) is 11.8 Å². The highest BCUT2D eigenvalue weighted by molar-refractivity contribution is 9.10. The van der Waals surface area contributed by atoms with E-state index in [9.17, 15) is 4.79 Å². The Balaban J connectivity index is 1.72. The smallest absolute Gasteiger partial charge is 0.227 e. The normalized spacial score (nSPS) is 17.1. The van der Waals surface area contributed by atoms with Crippen molar-refractivity contribution in [3.63, 3.8) is 0 Å². The summed E-state index contributed by atoms with van der Waals surface area (Å²) in [6.07, 6.45) is 2.75. The molecule has 3 rings (SSSR count). The standard InChI is InChI=1S/C18H18BrNO/c1-12-6-9-17(16(19)10-12)20-18(21)15-8-7-13-4-2-3-5-14(13)11-15/h2-6,9-10,15H,7-8,11H2,1H3,(H,20,21). The van der Waals surface area contributed by atoms with E-state index in [1.54, 1.807) is 0 Å². The highest BCUT2D eigenvalue weighted by atomic mass is 79.9. The summed E-state index contributed by atoms with van der Waals surface area (Å²) in [5.74, 6) is 0.183. The van der Waals surface area contributed by atoms with Gasteiger partial charge in [0.25, 0.3) is 0 Å². The SMILES string of the molecule is Cc1ccc(NC(=O)C2CCc3ccccc3C2)c(Br)c1. The molecular weight excluding hydrogens is 326 g/mol. The number of rotatable bonds is 2. The first-order chi connectivity index (χ1) is 10.1. The third-order valence-corrected chi connectivity index (χ3v) is 4.76. The summed E-state index contributed by atoms with van der Waals surface area (Å²) in [6.45, 7) is 2.04. The second-order valence-electron chi connectivity index (χ2n) is 5.68. The zero-order valence-corrected chi connectivity index (χ0v) is 13.6. The molecule has 1 aliphatic carbocycles. The summed E-state index contributed by atoms with van der Waals surface area (Å²) in [7, 11) is 0. The molecule has 21 heavy (non-hydrogen) atoms. The van der Waals surface area contributed by atoms with Crippen LogP contribution < -0.4 is 5.32 Å². The van der Waals surface area contributed by atoms with Gasteiger partial charge in [0.15, 0.2) is 0 Å². The number of fused-ring (bicyclic) bond motifs is 1. The molecule has 2 nitrogen and oxygen atoms in total. The number of hydrogen-bond donors (Lipinski definition) is 1. The Kier molecular flexibility index (Phi) is 4.11. The molecule has 0 spiro atoms. The Labute approximate surface area is 133 Å². The van der Waals surface area contributed by atoms with Crippen molar-refractivity contribution in [2.24, 2.45) is 5.92 Å². The lowest BCUT2D eigenvalue weighted by Gasteiger charge is -2.24. The fraction of sp³-hybridized carbons (Fsp3) is 0.278. The first kappa shape index (κ1) is 14.3. The Morgan fingerprint density at radius 2 is 1.95 bits per heavy atom. The average molecular weight is 344 g/mol. The Hall–Kier alpha value is -1.61. The van der Waals surface area contributed by atoms with Crippen LogP contribution in [0.25, 0.3) is 0 Å². The van der Waals surface area contributed by atoms with Gasteiger partial charge in [-0.15, -0.1) is 0 Å². The molecule has 0 saturated carbocycles. The second kappa shape index (κ2) is 6.02. The van der Waals surface area contributed by atoms with Gasteiger partial charge < -0.3 is 5.32 Å². The van der Waals surface area contributed by atoms with Gasteiger partial charge in [0.1, 0.15) is 0 Å². The molecule has 108 valence electrons. The van der Waals surface area contributed by atoms with Crippen LogP contribution in [-0.4, -0.2) is 5.91 Å². The molecular formula is C18H18BrNO. The molecule has 0 saturated heterocycles. The van der Waals surface area contributed by atoms with Crippen LogP contribution in [0.2, 0.25) is 0 Å². The predicted molar refractivity (Wildman–Crippen MR) is 89.5 cm³/mol. The first-order valence-corrected chi connectivity index (χ1v) is 8.06. The molecule has 0 fully saturated rings. The van der Waals surface area contributed by atoms with Gasteiger partial charge in [0.05, 0.1) is 5.69 Å². The summed E-state index contributed by atoms with van der Waals surface area (Å²) in [5.41, 5.74) is 4.72. The van der Waals surface area contributed by atoms with Crippen molar-refractivity contribution in [3.05, 3.63) is 63.6 Å². The Morgan fingerprint density at radius 1 is 1.19 bits per heavy atom. The molecule has 3 heteroatoms. The maximum Gasteiger partial charge on any atom is 0.227 e. The summed E-state index contributed by atoms with van der Waals surface area (Å²) < 4.78 is 0.937. The minimum absolute atomic E-state index is 0.0631. The number of hydrogen-bond acceptors (Lipinski definition) is 1. The molecule has 2 aromatic carbocycles. The predicted octanol–water partition coefficient (Wildman–Crippen LogP) is 4.50. The number of carbonyl (C=O) groups excluding carboxylic acids is 1. The molecule has 1 atom stereocenters. The zero-order valence-electron chi connectivity index (χ0n) is 12.0. The van der Waals surface area contributed by atoms with E-state index < -0.39 is 0 Å². The maximum absolute atomic E-state index is 12.5. The summed E-state index contributed by atoms with van der Waals surface area (Å²) in [6, 6.07) is 14.4. The van der Waals surface area contributed by atoms with Crippen LogP contribution in [0.4, 0.5) is 5.69 Å². The van der Waals surface area contributed by atoms with Gasteiger partial charge in [-0.2, -0.15) is 0 Å². The van der Waals surface area contributed by atoms with Crippen molar-refractivity contribution >= 4 is 27.5 Å². The van der Waals surface area contributed by atoms with Crippen LogP contribution in [0, 0.1) is 12.8 Å². The van der Waals surface area contributed by atoms with E-state index in [1.807, 2.05) is 25.1 Å². The molecule has 0 heterocycles. The van der Waals surface area contributed by atoms with Crippen LogP contribution in [-0.2, 0) is 17.6 Å². The minimum Gasteiger partial charge on any atom is -0.325 e. The monoisotopic (exact) mass is 343 g/mol. The summed E-state index contributed by atoms with van der Waals surface area (Å²) in [4.78, 5) is 12.5. The molecule has 0 aliphatic heterocycles. The van der Waals surface area contributed by atoms with Crippen LogP contribution in [0.15, 0.2) is 46.9 Å². The summed E-state index contributed by atoms with van der Waals surface area (Å²) in [5, 5.41) is 3.05. The number of aryl methyl sites for hydroxylation is 2. The first-order valence-electron chi connectivity index (χ1n) is 7.27. The van der Waals surface area contributed by atoms with Crippen molar-refractivity contribution < 1.29 is 4.79 Å². The van der Waals surface area contributed by atoms with Crippen molar-refractivity contribution in [3.8, 4) is 0 Å². The number of amides is 1. The van der Waals surface area contributed by atoms with E-state index >= 15 is 0 Å². The topological polar surface area (TPSA) is 29.1 Å². The average Bonchev–Trinajstić information content (AvgIpc) is 2.49. The van der Waals surface area contributed by atoms with Crippen molar-refractivity contribution in [1.82, 2.24) is 0 Å². The van der Waals surface area contributed by atoms with E-state index in [2.05, 4.69) is 45.5 Å². The number of benzene rings is 2. The third kappa shape index (κ3) is 3.18. The number of halogens is 1. The number of nitrogens with one attached hydrogen (secondary N) is 1. The van der Waals surface area contributed by atoms with Gasteiger partial charge in [-0.1, -0.05) is 30.3 Å². The van der Waals surface area contributed by atoms with Crippen molar-refractivity contribution in [2.75, 3.05) is 5.32 Å². The van der Waals surface area contributed by atoms with E-state index in [4.69, 9.17) is 0 Å². The number of carbonyl (C=O) groups is 1. The largest absolute Gasteiger partial charge is 0.325 e. The van der Waals surface area contributed by atoms with Crippen LogP contribution in [0.5, 0.6) is 0 Å². The van der Waals surface area contributed by atoms with Crippen LogP contribution in [0.3, 0.4) is 0 Å². The Bertz CT molecular complexity index is 681. The van der Waals surface area contributed by atoms with E-state index in [0.717, 1.165) is 29.4 Å². The molecule has 1 aliphatic rings. The van der Waals surface area contributed by atoms with Crippen LogP contribution >= 0.6 is 15.9 Å².